The Morgan fingerprint density at radius 2 is 2.22 bits per heavy atom. The van der Waals surface area contributed by atoms with Gasteiger partial charge in [0.2, 0.25) is 0 Å². The normalized spacial score (nSPS) is 22.8. The predicted octanol–water partition coefficient (Wildman–Crippen LogP) is 3.90. The molecule has 1 aromatic rings. The van der Waals surface area contributed by atoms with E-state index in [1.807, 2.05) is 0 Å². The number of anilines is 1. The van der Waals surface area contributed by atoms with Gasteiger partial charge in [0, 0.05) is 22.7 Å². The maximum Gasteiger partial charge on any atom is 0.0345 e. The summed E-state index contributed by atoms with van der Waals surface area (Å²) in [4.78, 5) is 2.44. The van der Waals surface area contributed by atoms with Gasteiger partial charge >= 0.3 is 0 Å². The molecule has 2 nitrogen and oxygen atoms in total. The fourth-order valence-corrected chi connectivity index (χ4v) is 2.98. The summed E-state index contributed by atoms with van der Waals surface area (Å²) in [6.45, 7) is 6.90. The summed E-state index contributed by atoms with van der Waals surface area (Å²) in [5.74, 6) is 0.757. The van der Waals surface area contributed by atoms with Crippen LogP contribution in [-0.2, 0) is 0 Å². The zero-order chi connectivity index (χ0) is 13.1. The van der Waals surface area contributed by atoms with Crippen LogP contribution in [0.25, 0.3) is 0 Å². The fourth-order valence-electron chi connectivity index (χ4n) is 2.73. The Morgan fingerprint density at radius 3 is 2.89 bits per heavy atom. The van der Waals surface area contributed by atoms with Crippen LogP contribution < -0.4 is 5.32 Å². The number of nitrogens with zero attached hydrogens (tertiary/aromatic N) is 1. The molecule has 1 N–H and O–H groups in total. The van der Waals surface area contributed by atoms with E-state index in [0.29, 0.717) is 6.04 Å². The average Bonchev–Trinajstić information content (AvgIpc) is 2.34. The Kier molecular flexibility index (Phi) is 4.68. The maximum absolute atomic E-state index is 3.65. The number of halogens is 1. The van der Waals surface area contributed by atoms with Gasteiger partial charge in [0.15, 0.2) is 0 Å². The SMILES string of the molecule is Cc1cc(NC(C)C2CCCN(C)C2)ccc1Br. The van der Waals surface area contributed by atoms with Crippen LogP contribution in [-0.4, -0.2) is 31.1 Å². The largest absolute Gasteiger partial charge is 0.382 e. The molecular formula is C15H23BrN2. The molecule has 1 fully saturated rings. The molecule has 0 radical (unpaired) electrons. The molecule has 0 spiro atoms. The molecule has 1 aromatic carbocycles. The van der Waals surface area contributed by atoms with Crippen molar-refractivity contribution >= 4 is 21.6 Å². The van der Waals surface area contributed by atoms with Crippen LogP contribution >= 0.6 is 15.9 Å². The van der Waals surface area contributed by atoms with Gasteiger partial charge < -0.3 is 10.2 Å². The van der Waals surface area contributed by atoms with Gasteiger partial charge in [0.05, 0.1) is 0 Å². The third kappa shape index (κ3) is 3.48. The highest BCUT2D eigenvalue weighted by molar-refractivity contribution is 9.10. The fraction of sp³-hybridized carbons (Fsp3) is 0.600. The zero-order valence-electron chi connectivity index (χ0n) is 11.5. The molecule has 18 heavy (non-hydrogen) atoms. The van der Waals surface area contributed by atoms with Crippen molar-refractivity contribution < 1.29 is 0 Å². The highest BCUT2D eigenvalue weighted by Crippen LogP contribution is 2.24. The van der Waals surface area contributed by atoms with E-state index in [-0.39, 0.29) is 0 Å². The van der Waals surface area contributed by atoms with Crippen molar-refractivity contribution in [2.75, 3.05) is 25.5 Å². The molecule has 0 aromatic heterocycles. The number of aryl methyl sites for hydroxylation is 1. The molecule has 1 saturated heterocycles. The zero-order valence-corrected chi connectivity index (χ0v) is 13.1. The second-order valence-electron chi connectivity index (χ2n) is 5.56. The summed E-state index contributed by atoms with van der Waals surface area (Å²) in [5.41, 5.74) is 2.52. The number of piperidine rings is 1. The highest BCUT2D eigenvalue weighted by atomic mass is 79.9. The first kappa shape index (κ1) is 13.9. The van der Waals surface area contributed by atoms with E-state index in [2.05, 4.69) is 65.2 Å². The minimum Gasteiger partial charge on any atom is -0.382 e. The van der Waals surface area contributed by atoms with Crippen molar-refractivity contribution in [1.29, 1.82) is 0 Å². The summed E-state index contributed by atoms with van der Waals surface area (Å²) < 4.78 is 1.18. The van der Waals surface area contributed by atoms with Crippen LogP contribution in [0.3, 0.4) is 0 Å². The van der Waals surface area contributed by atoms with Gasteiger partial charge in [0.25, 0.3) is 0 Å². The Labute approximate surface area is 119 Å². The lowest BCUT2D eigenvalue weighted by molar-refractivity contribution is 0.197. The first-order valence-electron chi connectivity index (χ1n) is 6.77. The van der Waals surface area contributed by atoms with E-state index in [9.17, 15) is 0 Å². The van der Waals surface area contributed by atoms with Crippen LogP contribution in [0.4, 0.5) is 5.69 Å². The average molecular weight is 311 g/mol. The van der Waals surface area contributed by atoms with Gasteiger partial charge in [-0.15, -0.1) is 0 Å². The third-order valence-corrected chi connectivity index (χ3v) is 4.81. The molecule has 1 aliphatic heterocycles. The standard InChI is InChI=1S/C15H23BrN2/c1-11-9-14(6-7-15(11)16)17-12(2)13-5-4-8-18(3)10-13/h6-7,9,12-13,17H,4-5,8,10H2,1-3H3. The number of rotatable bonds is 3. The molecule has 100 valence electrons. The van der Waals surface area contributed by atoms with Crippen LogP contribution in [0.5, 0.6) is 0 Å². The van der Waals surface area contributed by atoms with Gasteiger partial charge in [-0.1, -0.05) is 15.9 Å². The van der Waals surface area contributed by atoms with Gasteiger partial charge in [-0.05, 0) is 70.0 Å². The molecule has 0 bridgehead atoms. The minimum absolute atomic E-state index is 0.535. The summed E-state index contributed by atoms with van der Waals surface area (Å²) in [6, 6.07) is 7.03. The summed E-state index contributed by atoms with van der Waals surface area (Å²) >= 11 is 3.55. The van der Waals surface area contributed by atoms with Gasteiger partial charge in [0.1, 0.15) is 0 Å². The Balaban J connectivity index is 1.97. The molecule has 0 saturated carbocycles. The first-order chi connectivity index (χ1) is 8.56. The smallest absolute Gasteiger partial charge is 0.0345 e. The van der Waals surface area contributed by atoms with E-state index < -0.39 is 0 Å². The molecule has 2 rings (SSSR count). The van der Waals surface area contributed by atoms with Gasteiger partial charge in [-0.3, -0.25) is 0 Å². The number of benzene rings is 1. The topological polar surface area (TPSA) is 15.3 Å². The van der Waals surface area contributed by atoms with E-state index in [1.54, 1.807) is 0 Å². The number of likely N-dealkylation sites (tertiary alicyclic amines) is 1. The van der Waals surface area contributed by atoms with E-state index in [0.717, 1.165) is 5.92 Å². The van der Waals surface area contributed by atoms with Crippen LogP contribution in [0, 0.1) is 12.8 Å². The number of hydrogen-bond acceptors (Lipinski definition) is 2. The summed E-state index contributed by atoms with van der Waals surface area (Å²) in [5, 5.41) is 3.65. The quantitative estimate of drug-likeness (QED) is 0.911. The Morgan fingerprint density at radius 1 is 1.44 bits per heavy atom. The lowest BCUT2D eigenvalue weighted by atomic mass is 9.91. The Bertz CT molecular complexity index is 405. The molecule has 2 atom stereocenters. The molecule has 0 amide bonds. The van der Waals surface area contributed by atoms with Gasteiger partial charge in [-0.25, -0.2) is 0 Å². The van der Waals surface area contributed by atoms with Crippen molar-refractivity contribution in [3.63, 3.8) is 0 Å². The van der Waals surface area contributed by atoms with E-state index in [1.165, 1.54) is 41.7 Å². The second kappa shape index (κ2) is 6.07. The summed E-state index contributed by atoms with van der Waals surface area (Å²) in [7, 11) is 2.22. The van der Waals surface area contributed by atoms with Crippen molar-refractivity contribution in [3.8, 4) is 0 Å². The molecular weight excluding hydrogens is 288 g/mol. The number of hydrogen-bond donors (Lipinski definition) is 1. The highest BCUT2D eigenvalue weighted by Gasteiger charge is 2.22. The molecule has 1 aliphatic rings. The molecule has 0 aliphatic carbocycles. The molecule has 3 heteroatoms. The van der Waals surface area contributed by atoms with Crippen molar-refractivity contribution in [2.45, 2.75) is 32.7 Å². The predicted molar refractivity (Wildman–Crippen MR) is 82.2 cm³/mol. The Hall–Kier alpha value is -0.540. The lowest BCUT2D eigenvalue weighted by Crippen LogP contribution is -2.39. The molecule has 2 unspecified atom stereocenters. The lowest BCUT2D eigenvalue weighted by Gasteiger charge is -2.34. The number of nitrogens with one attached hydrogen (secondary N) is 1. The third-order valence-electron chi connectivity index (χ3n) is 3.92. The minimum atomic E-state index is 0.535. The maximum atomic E-state index is 3.65. The van der Waals surface area contributed by atoms with E-state index in [4.69, 9.17) is 0 Å². The van der Waals surface area contributed by atoms with E-state index >= 15 is 0 Å². The molecule has 1 heterocycles. The second-order valence-corrected chi connectivity index (χ2v) is 6.42. The van der Waals surface area contributed by atoms with Crippen LogP contribution in [0.1, 0.15) is 25.3 Å². The van der Waals surface area contributed by atoms with Crippen LogP contribution in [0.2, 0.25) is 0 Å². The summed E-state index contributed by atoms with van der Waals surface area (Å²) in [6.07, 6.45) is 2.67. The van der Waals surface area contributed by atoms with Gasteiger partial charge in [-0.2, -0.15) is 0 Å². The van der Waals surface area contributed by atoms with Crippen molar-refractivity contribution in [2.24, 2.45) is 5.92 Å². The van der Waals surface area contributed by atoms with Crippen LogP contribution in [0.15, 0.2) is 22.7 Å². The van der Waals surface area contributed by atoms with Crippen molar-refractivity contribution in [1.82, 2.24) is 4.90 Å². The van der Waals surface area contributed by atoms with Crippen molar-refractivity contribution in [3.05, 3.63) is 28.2 Å². The first-order valence-corrected chi connectivity index (χ1v) is 7.57. The monoisotopic (exact) mass is 310 g/mol.